The molecule has 3 aromatic carbocycles. The lowest BCUT2D eigenvalue weighted by molar-refractivity contribution is -0.113. The number of ether oxygens (including phenoxy) is 1. The summed E-state index contributed by atoms with van der Waals surface area (Å²) in [7, 11) is 0. The van der Waals surface area contributed by atoms with Crippen molar-refractivity contribution in [1.29, 1.82) is 0 Å². The number of carbonyl (C=O) groups excluding carboxylic acids is 1. The van der Waals surface area contributed by atoms with Gasteiger partial charge in [-0.25, -0.2) is 4.98 Å². The van der Waals surface area contributed by atoms with Crippen molar-refractivity contribution in [2.24, 2.45) is 0 Å². The third-order valence-corrected chi connectivity index (χ3v) is 6.20. The Morgan fingerprint density at radius 1 is 1.15 bits per heavy atom. The van der Waals surface area contributed by atoms with Crippen LogP contribution >= 0.6 is 23.1 Å². The first-order valence-corrected chi connectivity index (χ1v) is 10.5. The zero-order valence-corrected chi connectivity index (χ0v) is 16.4. The Labute approximate surface area is 165 Å². The van der Waals surface area contributed by atoms with E-state index >= 15 is 0 Å². The highest BCUT2D eigenvalue weighted by atomic mass is 32.2. The minimum absolute atomic E-state index is 0.0365. The van der Waals surface area contributed by atoms with Gasteiger partial charge in [-0.15, -0.1) is 11.3 Å². The van der Waals surface area contributed by atoms with Gasteiger partial charge in [0.2, 0.25) is 5.91 Å². The van der Waals surface area contributed by atoms with Crippen molar-refractivity contribution in [2.75, 3.05) is 17.7 Å². The molecule has 27 heavy (non-hydrogen) atoms. The van der Waals surface area contributed by atoms with Crippen molar-refractivity contribution in [2.45, 2.75) is 11.3 Å². The first-order valence-electron chi connectivity index (χ1n) is 8.67. The Balaban J connectivity index is 1.43. The van der Waals surface area contributed by atoms with E-state index in [1.807, 2.05) is 67.6 Å². The van der Waals surface area contributed by atoms with Crippen LogP contribution in [0.4, 0.5) is 5.69 Å². The van der Waals surface area contributed by atoms with Crippen molar-refractivity contribution in [3.05, 3.63) is 60.7 Å². The van der Waals surface area contributed by atoms with Crippen molar-refractivity contribution in [3.8, 4) is 5.75 Å². The maximum atomic E-state index is 12.4. The molecule has 0 unspecified atom stereocenters. The minimum atomic E-state index is -0.0365. The van der Waals surface area contributed by atoms with Crippen LogP contribution in [0.2, 0.25) is 0 Å². The Morgan fingerprint density at radius 3 is 2.89 bits per heavy atom. The van der Waals surface area contributed by atoms with Crippen molar-refractivity contribution in [3.63, 3.8) is 0 Å². The van der Waals surface area contributed by atoms with Gasteiger partial charge in [0, 0.05) is 11.1 Å². The second kappa shape index (κ2) is 7.98. The van der Waals surface area contributed by atoms with Crippen LogP contribution in [-0.2, 0) is 4.79 Å². The van der Waals surface area contributed by atoms with E-state index in [0.717, 1.165) is 36.8 Å². The van der Waals surface area contributed by atoms with E-state index in [4.69, 9.17) is 4.74 Å². The average molecular weight is 395 g/mol. The molecule has 4 aromatic rings. The van der Waals surface area contributed by atoms with Crippen molar-refractivity contribution < 1.29 is 9.53 Å². The Bertz CT molecular complexity index is 1100. The van der Waals surface area contributed by atoms with Crippen LogP contribution in [0.25, 0.3) is 21.0 Å². The lowest BCUT2D eigenvalue weighted by Gasteiger charge is -2.08. The maximum absolute atomic E-state index is 12.4. The van der Waals surface area contributed by atoms with Gasteiger partial charge < -0.3 is 10.1 Å². The molecule has 1 amide bonds. The molecule has 1 heterocycles. The summed E-state index contributed by atoms with van der Waals surface area (Å²) in [6, 6.07) is 19.8. The van der Waals surface area contributed by atoms with Gasteiger partial charge in [0.15, 0.2) is 4.34 Å². The molecule has 0 aliphatic carbocycles. The molecule has 0 bridgehead atoms. The summed E-state index contributed by atoms with van der Waals surface area (Å²) >= 11 is 3.03. The fraction of sp³-hybridized carbons (Fsp3) is 0.143. The SMILES string of the molecule is CCOc1ccc2nc(SCC(=O)Nc3cccc4ccccc34)sc2c1. The number of nitrogens with zero attached hydrogens (tertiary/aromatic N) is 1. The fourth-order valence-electron chi connectivity index (χ4n) is 2.85. The summed E-state index contributed by atoms with van der Waals surface area (Å²) < 4.78 is 7.48. The molecule has 0 aliphatic rings. The van der Waals surface area contributed by atoms with Gasteiger partial charge in [-0.05, 0) is 36.6 Å². The van der Waals surface area contributed by atoms with Gasteiger partial charge in [0.1, 0.15) is 5.75 Å². The van der Waals surface area contributed by atoms with Crippen LogP contribution in [0.5, 0.6) is 5.75 Å². The van der Waals surface area contributed by atoms with Crippen LogP contribution in [0.3, 0.4) is 0 Å². The smallest absolute Gasteiger partial charge is 0.234 e. The molecule has 0 atom stereocenters. The number of hydrogen-bond donors (Lipinski definition) is 1. The number of benzene rings is 3. The lowest BCUT2D eigenvalue weighted by atomic mass is 10.1. The third kappa shape index (κ3) is 4.07. The van der Waals surface area contributed by atoms with Crippen LogP contribution in [0.1, 0.15) is 6.92 Å². The summed E-state index contributed by atoms with van der Waals surface area (Å²) in [5.74, 6) is 1.13. The quantitative estimate of drug-likeness (QED) is 0.434. The number of hydrogen-bond acceptors (Lipinski definition) is 5. The predicted octanol–water partition coefficient (Wildman–Crippen LogP) is 5.58. The number of aromatic nitrogens is 1. The topological polar surface area (TPSA) is 51.2 Å². The standard InChI is InChI=1S/C21H18N2O2S2/c1-2-25-15-10-11-18-19(12-15)27-21(23-18)26-13-20(24)22-17-9-5-7-14-6-3-4-8-16(14)17/h3-12H,2,13H2,1H3,(H,22,24). The second-order valence-corrected chi connectivity index (χ2v) is 8.16. The first kappa shape index (κ1) is 17.8. The van der Waals surface area contributed by atoms with Gasteiger partial charge in [-0.3, -0.25) is 4.79 Å². The molecule has 1 N–H and O–H groups in total. The Morgan fingerprint density at radius 2 is 2.00 bits per heavy atom. The van der Waals surface area contributed by atoms with Gasteiger partial charge in [0.05, 0.1) is 22.6 Å². The number of anilines is 1. The van der Waals surface area contributed by atoms with E-state index in [1.165, 1.54) is 11.8 Å². The highest BCUT2D eigenvalue weighted by Gasteiger charge is 2.10. The molecule has 136 valence electrons. The summed E-state index contributed by atoms with van der Waals surface area (Å²) in [6.45, 7) is 2.60. The predicted molar refractivity (Wildman–Crippen MR) is 114 cm³/mol. The number of thioether (sulfide) groups is 1. The van der Waals surface area contributed by atoms with Crippen molar-refractivity contribution >= 4 is 55.7 Å². The van der Waals surface area contributed by atoms with E-state index in [-0.39, 0.29) is 5.91 Å². The number of rotatable bonds is 6. The molecule has 0 fully saturated rings. The molecule has 1 aromatic heterocycles. The van der Waals surface area contributed by atoms with E-state index in [1.54, 1.807) is 11.3 Å². The largest absolute Gasteiger partial charge is 0.494 e. The second-order valence-electron chi connectivity index (χ2n) is 5.91. The van der Waals surface area contributed by atoms with E-state index in [0.29, 0.717) is 12.4 Å². The van der Waals surface area contributed by atoms with Crippen molar-refractivity contribution in [1.82, 2.24) is 4.98 Å². The molecule has 0 aliphatic heterocycles. The summed E-state index contributed by atoms with van der Waals surface area (Å²) in [5, 5.41) is 5.17. The number of nitrogens with one attached hydrogen (secondary N) is 1. The summed E-state index contributed by atoms with van der Waals surface area (Å²) in [5.41, 5.74) is 1.77. The highest BCUT2D eigenvalue weighted by Crippen LogP contribution is 2.32. The summed E-state index contributed by atoms with van der Waals surface area (Å²) in [6.07, 6.45) is 0. The maximum Gasteiger partial charge on any atom is 0.234 e. The van der Waals surface area contributed by atoms with Gasteiger partial charge >= 0.3 is 0 Å². The molecule has 4 rings (SSSR count). The van der Waals surface area contributed by atoms with Gasteiger partial charge in [0.25, 0.3) is 0 Å². The Kier molecular flexibility index (Phi) is 5.27. The van der Waals surface area contributed by atoms with Crippen LogP contribution in [-0.4, -0.2) is 23.3 Å². The average Bonchev–Trinajstić information content (AvgIpc) is 3.09. The Hall–Kier alpha value is -2.57. The monoisotopic (exact) mass is 394 g/mol. The lowest BCUT2D eigenvalue weighted by Crippen LogP contribution is -2.14. The molecular weight excluding hydrogens is 376 g/mol. The highest BCUT2D eigenvalue weighted by molar-refractivity contribution is 8.01. The van der Waals surface area contributed by atoms with Gasteiger partial charge in [-0.1, -0.05) is 48.2 Å². The van der Waals surface area contributed by atoms with Crippen LogP contribution in [0, 0.1) is 0 Å². The number of fused-ring (bicyclic) bond motifs is 2. The number of carbonyl (C=O) groups is 1. The molecule has 0 saturated carbocycles. The minimum Gasteiger partial charge on any atom is -0.494 e. The molecular formula is C21H18N2O2S2. The fourth-order valence-corrected chi connectivity index (χ4v) is 4.75. The van der Waals surface area contributed by atoms with Crippen LogP contribution in [0.15, 0.2) is 65.0 Å². The number of amides is 1. The van der Waals surface area contributed by atoms with E-state index in [2.05, 4.69) is 10.3 Å². The zero-order valence-electron chi connectivity index (χ0n) is 14.8. The third-order valence-electron chi connectivity index (χ3n) is 4.04. The normalized spacial score (nSPS) is 11.0. The van der Waals surface area contributed by atoms with E-state index in [9.17, 15) is 4.79 Å². The zero-order chi connectivity index (χ0) is 18.6. The number of thiazole rings is 1. The molecule has 0 spiro atoms. The molecule has 6 heteroatoms. The molecule has 0 saturated heterocycles. The molecule has 4 nitrogen and oxygen atoms in total. The van der Waals surface area contributed by atoms with E-state index < -0.39 is 0 Å². The summed E-state index contributed by atoms with van der Waals surface area (Å²) in [4.78, 5) is 17.0. The van der Waals surface area contributed by atoms with Crippen LogP contribution < -0.4 is 10.1 Å². The first-order chi connectivity index (χ1) is 13.2. The molecule has 0 radical (unpaired) electrons. The van der Waals surface area contributed by atoms with Gasteiger partial charge in [-0.2, -0.15) is 0 Å².